The van der Waals surface area contributed by atoms with Crippen LogP contribution in [0.4, 0.5) is 0 Å². The van der Waals surface area contributed by atoms with E-state index in [9.17, 15) is 0 Å². The van der Waals surface area contributed by atoms with E-state index >= 15 is 0 Å². The standard InChI is InChI=1S/C5H14NSi/c1-5(6)3-2-4-7/h5H,1-4,6H2,7H3. The van der Waals surface area contributed by atoms with Crippen LogP contribution in [0.25, 0.3) is 0 Å². The molecule has 0 aliphatic carbocycles. The molecule has 0 saturated carbocycles. The van der Waals surface area contributed by atoms with Gasteiger partial charge >= 0.3 is 0 Å². The van der Waals surface area contributed by atoms with Crippen molar-refractivity contribution in [3.05, 3.63) is 6.92 Å². The Kier molecular flexibility index (Phi) is 4.45. The van der Waals surface area contributed by atoms with Gasteiger partial charge in [0.2, 0.25) is 0 Å². The van der Waals surface area contributed by atoms with E-state index in [1.165, 1.54) is 22.7 Å². The Hall–Kier alpha value is 0.177. The Labute approximate surface area is 48.7 Å². The van der Waals surface area contributed by atoms with Gasteiger partial charge in [0.25, 0.3) is 0 Å². The smallest absolute Gasteiger partial charge is 0.00392 e. The van der Waals surface area contributed by atoms with E-state index in [1.807, 2.05) is 0 Å². The molecule has 2 N–H and O–H groups in total. The summed E-state index contributed by atoms with van der Waals surface area (Å²) in [6, 6.07) is 1.54. The molecule has 1 nitrogen and oxygen atoms in total. The molecule has 0 spiro atoms. The van der Waals surface area contributed by atoms with Crippen molar-refractivity contribution in [2.45, 2.75) is 24.9 Å². The van der Waals surface area contributed by atoms with Crippen molar-refractivity contribution in [3.63, 3.8) is 0 Å². The van der Waals surface area contributed by atoms with E-state index in [4.69, 9.17) is 5.73 Å². The van der Waals surface area contributed by atoms with E-state index in [0.29, 0.717) is 0 Å². The van der Waals surface area contributed by atoms with Gasteiger partial charge in [-0.15, -0.1) is 0 Å². The lowest BCUT2D eigenvalue weighted by atomic mass is 10.2. The van der Waals surface area contributed by atoms with Crippen molar-refractivity contribution in [1.82, 2.24) is 0 Å². The predicted octanol–water partition coefficient (Wildman–Crippen LogP) is -0.288. The van der Waals surface area contributed by atoms with Crippen molar-refractivity contribution in [2.24, 2.45) is 5.73 Å². The zero-order valence-corrected chi connectivity index (χ0v) is 6.98. The van der Waals surface area contributed by atoms with Crippen LogP contribution in [0.2, 0.25) is 6.04 Å². The Bertz CT molecular complexity index is 37.1. The van der Waals surface area contributed by atoms with Crippen molar-refractivity contribution in [2.75, 3.05) is 0 Å². The van der Waals surface area contributed by atoms with Crippen molar-refractivity contribution in [3.8, 4) is 0 Å². The molecule has 0 aromatic carbocycles. The van der Waals surface area contributed by atoms with Gasteiger partial charge in [-0.2, -0.15) is 0 Å². The van der Waals surface area contributed by atoms with Crippen LogP contribution in [0.1, 0.15) is 12.8 Å². The Morgan fingerprint density at radius 1 is 1.71 bits per heavy atom. The van der Waals surface area contributed by atoms with Crippen LogP contribution in [-0.4, -0.2) is 16.3 Å². The van der Waals surface area contributed by atoms with Crippen molar-refractivity contribution in [1.29, 1.82) is 0 Å². The highest BCUT2D eigenvalue weighted by Gasteiger charge is 1.88. The van der Waals surface area contributed by atoms with Crippen molar-refractivity contribution < 1.29 is 0 Å². The summed E-state index contributed by atoms with van der Waals surface area (Å²) in [5.41, 5.74) is 5.38. The van der Waals surface area contributed by atoms with Gasteiger partial charge in [-0.25, -0.2) is 0 Å². The van der Waals surface area contributed by atoms with E-state index in [2.05, 4.69) is 6.92 Å². The minimum Gasteiger partial charge on any atom is -0.328 e. The first-order valence-corrected chi connectivity index (χ1v) is 4.27. The largest absolute Gasteiger partial charge is 0.328 e. The fraction of sp³-hybridized carbons (Fsp3) is 0.800. The number of hydrogen-bond acceptors (Lipinski definition) is 1. The number of nitrogens with two attached hydrogens (primary N) is 1. The van der Waals surface area contributed by atoms with E-state index in [1.54, 1.807) is 0 Å². The average molecular weight is 116 g/mol. The van der Waals surface area contributed by atoms with E-state index in [-0.39, 0.29) is 6.04 Å². The molecule has 7 heavy (non-hydrogen) atoms. The van der Waals surface area contributed by atoms with Crippen LogP contribution in [0, 0.1) is 6.92 Å². The van der Waals surface area contributed by atoms with Crippen LogP contribution < -0.4 is 5.73 Å². The molecule has 0 amide bonds. The van der Waals surface area contributed by atoms with Crippen molar-refractivity contribution >= 4 is 10.2 Å². The highest BCUT2D eigenvalue weighted by atomic mass is 28.1. The Balaban J connectivity index is 2.68. The highest BCUT2D eigenvalue weighted by molar-refractivity contribution is 6.08. The molecule has 1 atom stereocenters. The van der Waals surface area contributed by atoms with Gasteiger partial charge in [0, 0.05) is 16.3 Å². The van der Waals surface area contributed by atoms with Gasteiger partial charge in [0.1, 0.15) is 0 Å². The molecule has 0 bridgehead atoms. The molecule has 0 aromatic heterocycles. The normalized spacial score (nSPS) is 14.6. The summed E-state index contributed by atoms with van der Waals surface area (Å²) in [5, 5.41) is 0. The Morgan fingerprint density at radius 2 is 2.29 bits per heavy atom. The summed E-state index contributed by atoms with van der Waals surface area (Å²) >= 11 is 0. The molecule has 0 fully saturated rings. The zero-order valence-electron chi connectivity index (χ0n) is 4.98. The first kappa shape index (κ1) is 7.18. The summed E-state index contributed by atoms with van der Waals surface area (Å²) < 4.78 is 0. The maximum Gasteiger partial charge on any atom is 0.00392 e. The van der Waals surface area contributed by atoms with Gasteiger partial charge in [-0.3, -0.25) is 0 Å². The third-order valence-corrected chi connectivity index (χ3v) is 1.64. The van der Waals surface area contributed by atoms with Crippen LogP contribution in [0.3, 0.4) is 0 Å². The maximum absolute atomic E-state index is 5.38. The maximum atomic E-state index is 5.38. The highest BCUT2D eigenvalue weighted by Crippen LogP contribution is 1.93. The molecule has 0 aliphatic heterocycles. The summed E-state index contributed by atoms with van der Waals surface area (Å²) in [5.74, 6) is 0. The van der Waals surface area contributed by atoms with Crippen LogP contribution in [0.15, 0.2) is 0 Å². The number of hydrogen-bond donors (Lipinski definition) is 1. The lowest BCUT2D eigenvalue weighted by Gasteiger charge is -1.99. The molecular formula is C5H14NSi. The van der Waals surface area contributed by atoms with E-state index in [0.717, 1.165) is 6.42 Å². The SMILES string of the molecule is [CH2]C(N)CCC[SiH3]. The summed E-state index contributed by atoms with van der Waals surface area (Å²) in [4.78, 5) is 0. The fourth-order valence-corrected chi connectivity index (χ4v) is 0.875. The van der Waals surface area contributed by atoms with Gasteiger partial charge in [-0.1, -0.05) is 12.5 Å². The molecule has 1 unspecified atom stereocenters. The predicted molar refractivity (Wildman–Crippen MR) is 37.3 cm³/mol. The molecule has 1 radical (unpaired) electrons. The minimum atomic E-state index is 0.175. The van der Waals surface area contributed by atoms with Crippen LogP contribution in [0.5, 0.6) is 0 Å². The fourth-order valence-electron chi connectivity index (χ4n) is 0.466. The summed E-state index contributed by atoms with van der Waals surface area (Å²) in [6.45, 7) is 3.67. The molecule has 0 heterocycles. The van der Waals surface area contributed by atoms with Crippen LogP contribution >= 0.6 is 0 Å². The molecule has 43 valence electrons. The quantitative estimate of drug-likeness (QED) is 0.504. The van der Waals surface area contributed by atoms with Gasteiger partial charge in [0.05, 0.1) is 0 Å². The third kappa shape index (κ3) is 6.18. The lowest BCUT2D eigenvalue weighted by molar-refractivity contribution is 0.700. The first-order valence-electron chi connectivity index (χ1n) is 2.86. The van der Waals surface area contributed by atoms with Gasteiger partial charge in [0.15, 0.2) is 0 Å². The average Bonchev–Trinajstić information content (AvgIpc) is 1.61. The second-order valence-corrected chi connectivity index (χ2v) is 2.90. The number of rotatable bonds is 3. The van der Waals surface area contributed by atoms with Gasteiger partial charge < -0.3 is 5.73 Å². The first-order chi connectivity index (χ1) is 3.27. The second kappa shape index (κ2) is 4.34. The molecular weight excluding hydrogens is 102 g/mol. The Morgan fingerprint density at radius 3 is 2.43 bits per heavy atom. The minimum absolute atomic E-state index is 0.175. The molecule has 0 aromatic rings. The third-order valence-electron chi connectivity index (χ3n) is 0.928. The zero-order chi connectivity index (χ0) is 5.70. The monoisotopic (exact) mass is 116 g/mol. The molecule has 0 aliphatic rings. The lowest BCUT2D eigenvalue weighted by Crippen LogP contribution is -2.14. The summed E-state index contributed by atoms with van der Waals surface area (Å²) in [6.07, 6.45) is 2.38. The summed E-state index contributed by atoms with van der Waals surface area (Å²) in [7, 11) is 1.31. The topological polar surface area (TPSA) is 26.0 Å². The molecule has 0 rings (SSSR count). The molecule has 2 heteroatoms. The second-order valence-electron chi connectivity index (χ2n) is 1.90. The molecule has 0 saturated heterocycles. The van der Waals surface area contributed by atoms with E-state index < -0.39 is 0 Å². The van der Waals surface area contributed by atoms with Crippen LogP contribution in [-0.2, 0) is 0 Å². The van der Waals surface area contributed by atoms with Gasteiger partial charge in [-0.05, 0) is 13.3 Å².